The van der Waals surface area contributed by atoms with Gasteiger partial charge >= 0.3 is 0 Å². The summed E-state index contributed by atoms with van der Waals surface area (Å²) in [6.45, 7) is 6.43. The van der Waals surface area contributed by atoms with Crippen molar-refractivity contribution in [1.82, 2.24) is 19.8 Å². The third kappa shape index (κ3) is 2.10. The molecule has 0 amide bonds. The van der Waals surface area contributed by atoms with Gasteiger partial charge in [-0.15, -0.1) is 0 Å². The molecule has 2 bridgehead atoms. The summed E-state index contributed by atoms with van der Waals surface area (Å²) in [5.41, 5.74) is 1.26. The Hall–Kier alpha value is -0.910. The maximum Gasteiger partial charge on any atom is 0.111 e. The number of nitrogens with zero attached hydrogens (tertiary/aromatic N) is 3. The van der Waals surface area contributed by atoms with E-state index in [1.807, 2.05) is 12.5 Å². The molecule has 0 spiro atoms. The quantitative estimate of drug-likeness (QED) is 0.856. The number of piperidine rings is 3. The molecule has 5 heterocycles. The molecule has 19 heavy (non-hydrogen) atoms. The normalized spacial score (nSPS) is 38.5. The molecule has 5 heteroatoms. The van der Waals surface area contributed by atoms with Crippen LogP contribution in [0.4, 0.5) is 0 Å². The van der Waals surface area contributed by atoms with Gasteiger partial charge in [0.05, 0.1) is 30.9 Å². The molecule has 1 aromatic rings. The van der Waals surface area contributed by atoms with Crippen LogP contribution in [0.5, 0.6) is 0 Å². The van der Waals surface area contributed by atoms with E-state index in [4.69, 9.17) is 4.74 Å². The van der Waals surface area contributed by atoms with Crippen LogP contribution in [0.25, 0.3) is 0 Å². The number of morpholine rings is 1. The highest BCUT2D eigenvalue weighted by atomic mass is 16.5. The lowest BCUT2D eigenvalue weighted by molar-refractivity contribution is 0.0131. The monoisotopic (exact) mass is 262 g/mol. The van der Waals surface area contributed by atoms with E-state index < -0.39 is 0 Å². The van der Waals surface area contributed by atoms with Gasteiger partial charge in [-0.2, -0.15) is 0 Å². The summed E-state index contributed by atoms with van der Waals surface area (Å²) in [5.74, 6) is 0.828. The summed E-state index contributed by atoms with van der Waals surface area (Å²) >= 11 is 0. The first kappa shape index (κ1) is 11.9. The first-order chi connectivity index (χ1) is 9.42. The molecule has 0 aliphatic carbocycles. The molecule has 1 aromatic heterocycles. The Morgan fingerprint density at radius 3 is 2.89 bits per heavy atom. The van der Waals surface area contributed by atoms with Crippen molar-refractivity contribution in [2.24, 2.45) is 5.92 Å². The van der Waals surface area contributed by atoms with Crippen molar-refractivity contribution in [1.29, 1.82) is 0 Å². The summed E-state index contributed by atoms with van der Waals surface area (Å²) in [7, 11) is 0. The average molecular weight is 262 g/mol. The predicted molar refractivity (Wildman–Crippen MR) is 72.0 cm³/mol. The van der Waals surface area contributed by atoms with Crippen LogP contribution in [0.15, 0.2) is 12.5 Å². The van der Waals surface area contributed by atoms with Crippen molar-refractivity contribution >= 4 is 0 Å². The van der Waals surface area contributed by atoms with Gasteiger partial charge in [-0.25, -0.2) is 4.98 Å². The SMILES string of the molecule is c1ncn(C2CN3CCC2CC3)c1C1CNCCO1. The highest BCUT2D eigenvalue weighted by Gasteiger charge is 2.36. The predicted octanol–water partition coefficient (Wildman–Crippen LogP) is 0.811. The molecular formula is C14H22N4O. The van der Waals surface area contributed by atoms with Gasteiger partial charge in [-0.05, 0) is 31.8 Å². The average Bonchev–Trinajstić information content (AvgIpc) is 2.98. The lowest BCUT2D eigenvalue weighted by Crippen LogP contribution is -2.48. The van der Waals surface area contributed by atoms with Gasteiger partial charge in [0.1, 0.15) is 6.10 Å². The van der Waals surface area contributed by atoms with Gasteiger partial charge < -0.3 is 19.5 Å². The summed E-state index contributed by atoms with van der Waals surface area (Å²) in [6.07, 6.45) is 6.86. The first-order valence-corrected chi connectivity index (χ1v) is 7.48. The van der Waals surface area contributed by atoms with Crippen molar-refractivity contribution in [2.75, 3.05) is 39.3 Å². The van der Waals surface area contributed by atoms with Crippen molar-refractivity contribution in [3.63, 3.8) is 0 Å². The minimum Gasteiger partial charge on any atom is -0.369 e. The molecule has 0 aromatic carbocycles. The van der Waals surface area contributed by atoms with Crippen LogP contribution < -0.4 is 5.32 Å². The summed E-state index contributed by atoms with van der Waals surface area (Å²) in [4.78, 5) is 6.98. The minimum absolute atomic E-state index is 0.173. The standard InChI is InChI=1S/C14H22N4O/c1-4-17-5-2-11(1)13(9-17)18-10-16-7-12(18)14-8-15-3-6-19-14/h7,10-11,13-15H,1-6,8-9H2. The second-order valence-corrected chi connectivity index (χ2v) is 5.99. The largest absolute Gasteiger partial charge is 0.369 e. The molecule has 4 aliphatic rings. The van der Waals surface area contributed by atoms with Crippen molar-refractivity contribution in [3.8, 4) is 0 Å². The number of nitrogens with one attached hydrogen (secondary N) is 1. The van der Waals surface area contributed by atoms with E-state index in [-0.39, 0.29) is 6.10 Å². The topological polar surface area (TPSA) is 42.3 Å². The second kappa shape index (κ2) is 4.89. The Morgan fingerprint density at radius 2 is 2.21 bits per heavy atom. The van der Waals surface area contributed by atoms with Gasteiger partial charge in [0.2, 0.25) is 0 Å². The Balaban J connectivity index is 1.59. The van der Waals surface area contributed by atoms with Gasteiger partial charge in [-0.1, -0.05) is 0 Å². The van der Waals surface area contributed by atoms with Crippen molar-refractivity contribution in [2.45, 2.75) is 25.0 Å². The van der Waals surface area contributed by atoms with Crippen LogP contribution in [0.2, 0.25) is 0 Å². The fraction of sp³-hybridized carbons (Fsp3) is 0.786. The highest BCUT2D eigenvalue weighted by molar-refractivity contribution is 5.08. The molecule has 5 nitrogen and oxygen atoms in total. The smallest absolute Gasteiger partial charge is 0.111 e. The Bertz CT molecular complexity index is 432. The van der Waals surface area contributed by atoms with Crippen LogP contribution in [0.3, 0.4) is 0 Å². The van der Waals surface area contributed by atoms with E-state index >= 15 is 0 Å². The van der Waals surface area contributed by atoms with E-state index in [9.17, 15) is 0 Å². The Morgan fingerprint density at radius 1 is 1.32 bits per heavy atom. The van der Waals surface area contributed by atoms with Gasteiger partial charge in [0, 0.05) is 19.6 Å². The second-order valence-electron chi connectivity index (χ2n) is 5.99. The summed E-state index contributed by atoms with van der Waals surface area (Å²) in [5, 5.41) is 3.41. The molecular weight excluding hydrogens is 240 g/mol. The number of hydrogen-bond donors (Lipinski definition) is 1. The zero-order valence-electron chi connectivity index (χ0n) is 11.3. The number of fused-ring (bicyclic) bond motifs is 3. The van der Waals surface area contributed by atoms with E-state index in [0.717, 1.165) is 25.6 Å². The zero-order valence-corrected chi connectivity index (χ0v) is 11.3. The van der Waals surface area contributed by atoms with Crippen molar-refractivity contribution < 1.29 is 4.74 Å². The maximum atomic E-state index is 5.90. The van der Waals surface area contributed by atoms with Crippen LogP contribution in [-0.4, -0.2) is 53.8 Å². The van der Waals surface area contributed by atoms with Gasteiger partial charge in [0.15, 0.2) is 0 Å². The van der Waals surface area contributed by atoms with E-state index in [0.29, 0.717) is 6.04 Å². The molecule has 2 atom stereocenters. The fourth-order valence-corrected chi connectivity index (χ4v) is 3.85. The van der Waals surface area contributed by atoms with Crippen LogP contribution >= 0.6 is 0 Å². The zero-order chi connectivity index (χ0) is 12.7. The summed E-state index contributed by atoms with van der Waals surface area (Å²) in [6, 6.07) is 0.602. The molecule has 104 valence electrons. The van der Waals surface area contributed by atoms with Crippen LogP contribution in [-0.2, 0) is 4.74 Å². The Kier molecular flexibility index (Phi) is 3.06. The van der Waals surface area contributed by atoms with E-state index in [1.165, 1.54) is 38.2 Å². The molecule has 4 fully saturated rings. The number of hydrogen-bond acceptors (Lipinski definition) is 4. The molecule has 4 saturated heterocycles. The number of rotatable bonds is 2. The third-order valence-electron chi connectivity index (χ3n) is 4.93. The number of imidazole rings is 1. The van der Waals surface area contributed by atoms with Gasteiger partial charge in [0.25, 0.3) is 0 Å². The summed E-state index contributed by atoms with van der Waals surface area (Å²) < 4.78 is 8.29. The van der Waals surface area contributed by atoms with Crippen molar-refractivity contribution in [3.05, 3.63) is 18.2 Å². The molecule has 2 unspecified atom stereocenters. The third-order valence-corrected chi connectivity index (χ3v) is 4.93. The van der Waals surface area contributed by atoms with E-state index in [1.54, 1.807) is 0 Å². The molecule has 0 saturated carbocycles. The molecule has 4 aliphatic heterocycles. The highest BCUT2D eigenvalue weighted by Crippen LogP contribution is 2.37. The molecule has 1 N–H and O–H groups in total. The maximum absolute atomic E-state index is 5.90. The first-order valence-electron chi connectivity index (χ1n) is 7.48. The lowest BCUT2D eigenvalue weighted by atomic mass is 9.83. The number of aromatic nitrogens is 2. The van der Waals surface area contributed by atoms with Crippen LogP contribution in [0.1, 0.15) is 30.7 Å². The minimum atomic E-state index is 0.173. The molecule has 5 rings (SSSR count). The Labute approximate surface area is 113 Å². The van der Waals surface area contributed by atoms with Gasteiger partial charge in [-0.3, -0.25) is 0 Å². The number of ether oxygens (including phenoxy) is 1. The molecule has 0 radical (unpaired) electrons. The van der Waals surface area contributed by atoms with E-state index in [2.05, 4.69) is 19.8 Å². The van der Waals surface area contributed by atoms with Crippen LogP contribution in [0, 0.1) is 5.92 Å². The fourth-order valence-electron chi connectivity index (χ4n) is 3.85. The lowest BCUT2D eigenvalue weighted by Gasteiger charge is -2.46.